The molecule has 8 aliphatic rings. The number of hydrogen-bond donors (Lipinski definition) is 4. The highest BCUT2D eigenvalue weighted by atomic mass is 16.7. The van der Waals surface area contributed by atoms with Crippen molar-refractivity contribution in [2.75, 3.05) is 32.9 Å². The van der Waals surface area contributed by atoms with E-state index < -0.39 is 35.5 Å². The van der Waals surface area contributed by atoms with Crippen LogP contribution < -0.4 is 11.1 Å². The molecule has 5 N–H and O–H groups in total. The predicted octanol–water partition coefficient (Wildman–Crippen LogP) is 3.21. The smallest absolute Gasteiger partial charge is 0.217 e. The zero-order chi connectivity index (χ0) is 34.2. The number of rotatable bonds is 6. The lowest BCUT2D eigenvalue weighted by atomic mass is 9.43. The van der Waals surface area contributed by atoms with Crippen molar-refractivity contribution in [1.82, 2.24) is 10.2 Å². The standard InChI is InChI=1S/C38H63N3O7/c1-21-16-24(31(34(5,6)44)40-22(2)42)47-30-29(21)35(7)12-13-37-20-36(37)11-10-27(48-28-17-41(14-15-46-28)23-18-45-19-23)33(3,4)25(36)8-9-26(37)38(35,39)32(30)43/h21,23-32,43-44H,8-20,39H2,1-7H3,(H,40,42)/t21-,24?,25?,26?,27+,28?,29+,30+,31+,32+,35?,36?,37?,38+/m1/s1. The third-order valence-corrected chi connectivity index (χ3v) is 16.3. The van der Waals surface area contributed by atoms with Crippen molar-refractivity contribution in [3.63, 3.8) is 0 Å². The molecule has 8 fully saturated rings. The fourth-order valence-electron chi connectivity index (χ4n) is 14.0. The Morgan fingerprint density at radius 1 is 1.08 bits per heavy atom. The number of carbonyl (C=O) groups is 1. The van der Waals surface area contributed by atoms with Crippen LogP contribution in [0.1, 0.15) is 99.8 Å². The Balaban J connectivity index is 1.03. The van der Waals surface area contributed by atoms with Gasteiger partial charge in [-0.1, -0.05) is 27.7 Å². The fraction of sp³-hybridized carbons (Fsp3) is 0.974. The first-order chi connectivity index (χ1) is 22.5. The normalized spacial score (nSPS) is 52.1. The van der Waals surface area contributed by atoms with E-state index >= 15 is 0 Å². The maximum absolute atomic E-state index is 12.5. The minimum Gasteiger partial charge on any atom is -0.388 e. The first kappa shape index (κ1) is 34.2. The molecule has 10 nitrogen and oxygen atoms in total. The summed E-state index contributed by atoms with van der Waals surface area (Å²) in [5.74, 6) is 0.959. The quantitative estimate of drug-likeness (QED) is 0.335. The molecule has 5 aliphatic carbocycles. The van der Waals surface area contributed by atoms with Gasteiger partial charge in [0.1, 0.15) is 0 Å². The van der Waals surface area contributed by atoms with Gasteiger partial charge < -0.3 is 40.2 Å². The Hall–Kier alpha value is -0.850. The van der Waals surface area contributed by atoms with Gasteiger partial charge in [-0.15, -0.1) is 0 Å². The van der Waals surface area contributed by atoms with Crippen molar-refractivity contribution in [2.24, 2.45) is 51.1 Å². The lowest BCUT2D eigenvalue weighted by molar-refractivity contribution is -0.254. The Morgan fingerprint density at radius 3 is 2.46 bits per heavy atom. The average Bonchev–Trinajstić information content (AvgIpc) is 3.61. The van der Waals surface area contributed by atoms with E-state index in [9.17, 15) is 15.0 Å². The second kappa shape index (κ2) is 11.1. The molecule has 0 aromatic heterocycles. The monoisotopic (exact) mass is 673 g/mol. The van der Waals surface area contributed by atoms with Crippen LogP contribution in [0, 0.1) is 45.3 Å². The molecule has 3 aliphatic heterocycles. The summed E-state index contributed by atoms with van der Waals surface area (Å²) in [6.45, 7) is 18.6. The van der Waals surface area contributed by atoms with Crippen molar-refractivity contribution in [1.29, 1.82) is 0 Å². The average molecular weight is 674 g/mol. The second-order valence-electron chi connectivity index (χ2n) is 19.1. The van der Waals surface area contributed by atoms with Gasteiger partial charge in [-0.2, -0.15) is 0 Å². The van der Waals surface area contributed by atoms with Gasteiger partial charge in [-0.05, 0) is 111 Å². The molecular formula is C38H63N3O7. The highest BCUT2D eigenvalue weighted by Crippen LogP contribution is 2.87. The molecule has 0 radical (unpaired) electrons. The summed E-state index contributed by atoms with van der Waals surface area (Å²) in [5.41, 5.74) is 6.04. The molecule has 1 amide bonds. The SMILES string of the molecule is CC(=O)N[C@@H](C1C[C@@H](C)[C@H]2[C@H](O1)[C@H](O)[C@@]1(N)C3CCC4C(C)(C)[C@@H](OC5CN(C6COC6)CCO5)CCC45CC35CCC21C)C(C)(C)O. The number of ether oxygens (including phenoxy) is 4. The van der Waals surface area contributed by atoms with Gasteiger partial charge >= 0.3 is 0 Å². The Kier molecular flexibility index (Phi) is 7.90. The molecule has 3 heterocycles. The van der Waals surface area contributed by atoms with E-state index in [4.69, 9.17) is 24.7 Å². The van der Waals surface area contributed by atoms with Crippen LogP contribution in [-0.4, -0.2) is 108 Å². The van der Waals surface area contributed by atoms with Crippen molar-refractivity contribution in [3.05, 3.63) is 0 Å². The maximum Gasteiger partial charge on any atom is 0.217 e. The minimum atomic E-state index is -1.17. The molecule has 48 heavy (non-hydrogen) atoms. The molecule has 3 saturated heterocycles. The number of aliphatic hydroxyl groups is 2. The van der Waals surface area contributed by atoms with Crippen LogP contribution in [0.2, 0.25) is 0 Å². The van der Waals surface area contributed by atoms with Crippen molar-refractivity contribution in [2.45, 2.75) is 154 Å². The summed E-state index contributed by atoms with van der Waals surface area (Å²) in [6, 6.07) is -0.0730. The molecule has 10 heteroatoms. The van der Waals surface area contributed by atoms with Gasteiger partial charge in [0, 0.05) is 13.5 Å². The molecule has 272 valence electrons. The van der Waals surface area contributed by atoms with E-state index in [2.05, 4.69) is 37.9 Å². The van der Waals surface area contributed by atoms with Crippen molar-refractivity contribution in [3.8, 4) is 0 Å². The van der Waals surface area contributed by atoms with Crippen LogP contribution in [0.5, 0.6) is 0 Å². The second-order valence-corrected chi connectivity index (χ2v) is 19.1. The van der Waals surface area contributed by atoms with E-state index in [1.807, 2.05) is 0 Å². The van der Waals surface area contributed by atoms with E-state index in [0.717, 1.165) is 58.4 Å². The lowest BCUT2D eigenvalue weighted by Crippen LogP contribution is -2.70. The molecule has 0 aromatic carbocycles. The van der Waals surface area contributed by atoms with Gasteiger partial charge in [0.05, 0.1) is 74.0 Å². The first-order valence-electron chi connectivity index (χ1n) is 19.2. The Bertz CT molecular complexity index is 1290. The molecule has 0 bridgehead atoms. The van der Waals surface area contributed by atoms with Gasteiger partial charge in [0.15, 0.2) is 6.29 Å². The topological polar surface area (TPSA) is 136 Å². The number of aliphatic hydroxyl groups excluding tert-OH is 1. The molecule has 8 rings (SSSR count). The third kappa shape index (κ3) is 4.55. The lowest BCUT2D eigenvalue weighted by Gasteiger charge is -2.63. The zero-order valence-corrected chi connectivity index (χ0v) is 30.5. The van der Waals surface area contributed by atoms with E-state index in [1.54, 1.807) is 13.8 Å². The summed E-state index contributed by atoms with van der Waals surface area (Å²) in [7, 11) is 0. The molecule has 0 aromatic rings. The zero-order valence-electron chi connectivity index (χ0n) is 30.5. The predicted molar refractivity (Wildman–Crippen MR) is 180 cm³/mol. The summed E-state index contributed by atoms with van der Waals surface area (Å²) < 4.78 is 25.4. The minimum absolute atomic E-state index is 0.0173. The van der Waals surface area contributed by atoms with Crippen LogP contribution in [0.25, 0.3) is 0 Å². The van der Waals surface area contributed by atoms with Gasteiger partial charge in [-0.25, -0.2) is 0 Å². The number of nitrogens with one attached hydrogen (secondary N) is 1. The molecule has 7 unspecified atom stereocenters. The summed E-state index contributed by atoms with van der Waals surface area (Å²) in [4.78, 5) is 14.7. The number of amides is 1. The highest BCUT2D eigenvalue weighted by Gasteiger charge is 2.85. The van der Waals surface area contributed by atoms with Gasteiger partial charge in [-0.3, -0.25) is 9.69 Å². The Morgan fingerprint density at radius 2 is 1.79 bits per heavy atom. The fourth-order valence-corrected chi connectivity index (χ4v) is 14.0. The molecule has 5 saturated carbocycles. The third-order valence-electron chi connectivity index (χ3n) is 16.3. The number of nitrogens with two attached hydrogens (primary N) is 1. The highest BCUT2D eigenvalue weighted by molar-refractivity contribution is 5.73. The van der Waals surface area contributed by atoms with Crippen LogP contribution in [0.4, 0.5) is 0 Å². The number of nitrogens with zero attached hydrogens (tertiary/aromatic N) is 1. The molecule has 14 atom stereocenters. The van der Waals surface area contributed by atoms with E-state index in [1.165, 1.54) is 19.8 Å². The van der Waals surface area contributed by atoms with E-state index in [-0.39, 0.29) is 57.7 Å². The number of morpholine rings is 1. The number of fused-ring (bicyclic) bond motifs is 4. The van der Waals surface area contributed by atoms with Crippen LogP contribution in [0.3, 0.4) is 0 Å². The molecule has 2 spiro atoms. The van der Waals surface area contributed by atoms with Crippen LogP contribution in [-0.2, 0) is 23.7 Å². The summed E-state index contributed by atoms with van der Waals surface area (Å²) in [5, 5.41) is 26.5. The largest absolute Gasteiger partial charge is 0.388 e. The van der Waals surface area contributed by atoms with Crippen LogP contribution in [0.15, 0.2) is 0 Å². The van der Waals surface area contributed by atoms with E-state index in [0.29, 0.717) is 25.0 Å². The Labute approximate surface area is 287 Å². The van der Waals surface area contributed by atoms with Crippen LogP contribution >= 0.6 is 0 Å². The van der Waals surface area contributed by atoms with Gasteiger partial charge in [0.25, 0.3) is 0 Å². The summed E-state index contributed by atoms with van der Waals surface area (Å²) >= 11 is 0. The summed E-state index contributed by atoms with van der Waals surface area (Å²) in [6.07, 6.45) is 6.77. The van der Waals surface area contributed by atoms with Crippen molar-refractivity contribution >= 4 is 5.91 Å². The number of hydrogen-bond acceptors (Lipinski definition) is 9. The van der Waals surface area contributed by atoms with Crippen molar-refractivity contribution < 1.29 is 34.0 Å². The number of carbonyl (C=O) groups excluding carboxylic acids is 1. The molecular weight excluding hydrogens is 610 g/mol. The first-order valence-corrected chi connectivity index (χ1v) is 19.2. The van der Waals surface area contributed by atoms with Gasteiger partial charge in [0.2, 0.25) is 5.91 Å². The maximum atomic E-state index is 12.5.